The zero-order valence-corrected chi connectivity index (χ0v) is 73.0. The van der Waals surface area contributed by atoms with Crippen molar-refractivity contribution in [1.29, 1.82) is 15.8 Å². The fraction of sp³-hybridized carbons (Fsp3) is 0.476. The van der Waals surface area contributed by atoms with Gasteiger partial charge < -0.3 is 89.8 Å². The molecule has 0 unspecified atom stereocenters. The Morgan fingerprint density at radius 1 is 0.500 bits per heavy atom. The minimum Gasteiger partial charge on any atom is -0.464 e. The van der Waals surface area contributed by atoms with Crippen LogP contribution in [0.3, 0.4) is 0 Å². The van der Waals surface area contributed by atoms with Gasteiger partial charge >= 0.3 is 41.0 Å². The summed E-state index contributed by atoms with van der Waals surface area (Å²) in [4.78, 5) is 42.1. The number of aliphatic hydroxyl groups is 6. The standard InChI is InChI=1S/C29H35N4O8P.C28H36N5O8P.C27H35N6O8P/c1-19(28(36)39-20-8-4-2-5-9-20)17-42(37,41-21-10-6-3-7-11-21)38-16-24-26(34)27(35)29(18-30,40-24)25-13-12-23-22(31)14-15-32-33(23)25;1-4-19(5-2)15-38-27(36)18(3)32-42(37,41-20-9-7-6-8-10-20)39-16-23-25(34)26(35)28(17-29,40-23)24-12-11-22-21(30)13-14-31-33(22)24;1-4-18(5-2)13-38-26(36)17(3)32-42(37,41-19-9-7-6-8-10-19)39-14-21-23(34)24(35)27(15-28,40-21)22-12-11-20-25(29)30-16-31-33(20)22/h3,6-7,10-15,19-20,24,26-27,34-35H,2,4-5,8-9,16-17,31H2,1H3;6-14,18-19,23,25-26,34-35H,4-5,15-16,30H2,1-3H3,(H,32,37);6-12,16-18,21,23-24,34-35H,4-5,13-14H2,1-3H3,(H,32,37)(H2,29,30,31)/t19-,24-,26-,27-,29+,42+;18-,23+,25+,26+,28-,42+;17-,21+,23+,24+,27-,42-/m100/s1. The Labute approximate surface area is 726 Å². The first-order chi connectivity index (χ1) is 60.3. The summed E-state index contributed by atoms with van der Waals surface area (Å²) in [5.74, 6) is -1.46. The van der Waals surface area contributed by atoms with Gasteiger partial charge in [-0.15, -0.1) is 0 Å². The minimum absolute atomic E-state index is 0.0961. The van der Waals surface area contributed by atoms with Crippen molar-refractivity contribution >= 4 is 74.7 Å². The Hall–Kier alpha value is -10.5. The minimum atomic E-state index is -4.32. The van der Waals surface area contributed by atoms with Crippen molar-refractivity contribution in [2.24, 2.45) is 17.8 Å². The number of hydrogen-bond donors (Lipinski definition) is 11. The molecule has 0 radical (unpaired) electrons. The van der Waals surface area contributed by atoms with E-state index in [-0.39, 0.29) is 77.5 Å². The number of ether oxygens (including phenoxy) is 6. The van der Waals surface area contributed by atoms with Crippen molar-refractivity contribution < 1.29 is 114 Å². The number of carbonyl (C=O) groups is 3. The number of anilines is 3. The molecule has 42 heteroatoms. The molecule has 126 heavy (non-hydrogen) atoms. The Morgan fingerprint density at radius 2 is 0.865 bits per heavy atom. The number of nitrogens with zero attached hydrogens (tertiary/aromatic N) is 10. The fourth-order valence-electron chi connectivity index (χ4n) is 14.7. The van der Waals surface area contributed by atoms with E-state index in [1.807, 2.05) is 45.9 Å². The van der Waals surface area contributed by atoms with Crippen LogP contribution < -0.4 is 40.9 Å². The molecule has 18 atom stereocenters. The third-order valence-corrected chi connectivity index (χ3v) is 27.5. The summed E-state index contributed by atoms with van der Waals surface area (Å²) in [5.41, 5.74) is 14.3. The molecule has 1 aliphatic carbocycles. The number of carbonyl (C=O) groups excluding carboxylic acids is 3. The number of nitrogen functional groups attached to an aromatic ring is 3. The van der Waals surface area contributed by atoms with Crippen LogP contribution >= 0.6 is 23.1 Å². The van der Waals surface area contributed by atoms with Crippen LogP contribution in [-0.4, -0.2) is 195 Å². The van der Waals surface area contributed by atoms with Crippen molar-refractivity contribution in [3.8, 4) is 35.5 Å². The molecule has 3 aliphatic heterocycles. The lowest BCUT2D eigenvalue weighted by Crippen LogP contribution is -2.41. The molecule has 4 aliphatic rings. The molecule has 14 N–H and O–H groups in total. The van der Waals surface area contributed by atoms with Crippen molar-refractivity contribution in [3.63, 3.8) is 0 Å². The highest BCUT2D eigenvalue weighted by atomic mass is 31.2. The average Bonchev–Trinajstić information content (AvgIpc) is 1.59. The third-order valence-electron chi connectivity index (χ3n) is 22.2. The van der Waals surface area contributed by atoms with E-state index in [1.165, 1.54) is 64.3 Å². The highest BCUT2D eigenvalue weighted by Gasteiger charge is 2.61. The Bertz CT molecular complexity index is 5240. The van der Waals surface area contributed by atoms with Gasteiger partial charge in [-0.25, -0.2) is 32.2 Å². The largest absolute Gasteiger partial charge is 0.464 e. The van der Waals surface area contributed by atoms with Crippen LogP contribution in [0, 0.1) is 51.7 Å². The van der Waals surface area contributed by atoms with E-state index in [0.29, 0.717) is 27.9 Å². The first-order valence-electron chi connectivity index (χ1n) is 41.3. The van der Waals surface area contributed by atoms with Gasteiger partial charge in [0, 0.05) is 12.4 Å². The molecule has 1 saturated carbocycles. The lowest BCUT2D eigenvalue weighted by atomic mass is 9.92. The summed E-state index contributed by atoms with van der Waals surface area (Å²) in [5, 5.41) is 114. The lowest BCUT2D eigenvalue weighted by Gasteiger charge is -2.26. The number of rotatable bonds is 36. The second-order valence-electron chi connectivity index (χ2n) is 30.9. The Balaban J connectivity index is 0.000000183. The molecular weight excluding hydrogens is 1700 g/mol. The van der Waals surface area contributed by atoms with Crippen molar-refractivity contribution in [3.05, 3.63) is 175 Å². The van der Waals surface area contributed by atoms with E-state index in [2.05, 4.69) is 30.5 Å². The van der Waals surface area contributed by atoms with Crippen LogP contribution in [-0.2, 0) is 86.9 Å². The zero-order chi connectivity index (χ0) is 90.9. The number of fused-ring (bicyclic) bond motifs is 3. The maximum Gasteiger partial charge on any atom is 0.459 e. The predicted molar refractivity (Wildman–Crippen MR) is 453 cm³/mol. The van der Waals surface area contributed by atoms with E-state index in [9.17, 15) is 74.5 Å². The van der Waals surface area contributed by atoms with Crippen molar-refractivity contribution in [2.45, 2.75) is 196 Å². The van der Waals surface area contributed by atoms with Gasteiger partial charge in [0.15, 0.2) is 5.82 Å². The number of aliphatic hydroxyl groups excluding tert-OH is 6. The van der Waals surface area contributed by atoms with E-state index in [4.69, 9.17) is 72.8 Å². The van der Waals surface area contributed by atoms with Gasteiger partial charge in [0.2, 0.25) is 16.8 Å². The van der Waals surface area contributed by atoms with E-state index >= 15 is 0 Å². The Morgan fingerprint density at radius 3 is 1.25 bits per heavy atom. The molecule has 3 aromatic carbocycles. The van der Waals surface area contributed by atoms with Crippen LogP contribution in [0.4, 0.5) is 17.2 Å². The number of aromatic nitrogens is 7. The number of hydrogen-bond acceptors (Lipinski definition) is 34. The van der Waals surface area contributed by atoms with Crippen LogP contribution in [0.15, 0.2) is 158 Å². The normalized spacial score (nSPS) is 25.1. The molecule has 6 aromatic heterocycles. The summed E-state index contributed by atoms with van der Waals surface area (Å²) >= 11 is 0. The number of nitrogens with two attached hydrogens (primary N) is 3. The third kappa shape index (κ3) is 21.8. The van der Waals surface area contributed by atoms with Gasteiger partial charge in [0.05, 0.1) is 84.6 Å². The van der Waals surface area contributed by atoms with Gasteiger partial charge in [-0.2, -0.15) is 41.3 Å². The average molecular weight is 1800 g/mol. The summed E-state index contributed by atoms with van der Waals surface area (Å²) < 4.78 is 114. The van der Waals surface area contributed by atoms with Gasteiger partial charge in [-0.1, -0.05) is 121 Å². The quantitative estimate of drug-likeness (QED) is 0.00992. The van der Waals surface area contributed by atoms with E-state index < -0.39 is 151 Å². The topological polar surface area (TPSA) is 573 Å². The molecule has 9 heterocycles. The molecule has 39 nitrogen and oxygen atoms in total. The molecule has 0 spiro atoms. The second-order valence-corrected chi connectivity index (χ2v) is 36.3. The summed E-state index contributed by atoms with van der Waals surface area (Å²) in [6.07, 6.45) is -2.32. The SMILES string of the molecule is CCC(CC)COC(=O)[C@H](C)N[P@@](=O)(OC[C@H]1O[C@@](C#N)(c2ccc3c(N)ccnn23)[C@H](O)[C@@H]1O)Oc1ccccc1.CCC(CC)COC(=O)[C@H](C)N[P@](=O)(OC[C@H]1O[C@@](C#N)(c2ccc3c(N)ncnn23)[C@H](O)[C@@H]1O)Oc1ccccc1.C[C@H](C[P@](=O)(OC[C@H]1O[C@@](C#N)(c2ccc3c(N)ccnn23)[C@H](O)[C@@H]1O)Oc1ccccc1)C(=O)OC1CCCCC1. The first kappa shape index (κ1) is 96.1. The van der Waals surface area contributed by atoms with Crippen LogP contribution in [0.25, 0.3) is 16.6 Å². The van der Waals surface area contributed by atoms with Crippen LogP contribution in [0.1, 0.15) is 123 Å². The van der Waals surface area contributed by atoms with Crippen LogP contribution in [0.2, 0.25) is 0 Å². The first-order valence-corrected chi connectivity index (χ1v) is 46.1. The van der Waals surface area contributed by atoms with Crippen molar-refractivity contribution in [2.75, 3.05) is 56.4 Å². The maximum atomic E-state index is 14.1. The summed E-state index contributed by atoms with van der Waals surface area (Å²) in [7, 11) is -12.7. The maximum absolute atomic E-state index is 14.1. The number of esters is 3. The summed E-state index contributed by atoms with van der Waals surface area (Å²) in [6.45, 7) is 11.3. The molecule has 4 fully saturated rings. The molecule has 3 saturated heterocycles. The number of benzene rings is 3. The molecule has 0 amide bonds. The number of nitriles is 3. The second kappa shape index (κ2) is 42.4. The van der Waals surface area contributed by atoms with Crippen molar-refractivity contribution in [1.82, 2.24) is 44.0 Å². The number of para-hydroxylation sites is 3. The monoisotopic (exact) mass is 1800 g/mol. The Kier molecular flexibility index (Phi) is 32.3. The molecule has 0 bridgehead atoms. The smallest absolute Gasteiger partial charge is 0.459 e. The summed E-state index contributed by atoms with van der Waals surface area (Å²) in [6, 6.07) is 40.8. The number of nitrogens with one attached hydrogen (secondary N) is 2. The van der Waals surface area contributed by atoms with Gasteiger partial charge in [0.1, 0.15) is 120 Å². The van der Waals surface area contributed by atoms with Crippen LogP contribution in [0.5, 0.6) is 17.2 Å². The predicted octanol–water partition coefficient (Wildman–Crippen LogP) is 8.79. The molecule has 9 aromatic rings. The highest BCUT2D eigenvalue weighted by Crippen LogP contribution is 2.53. The molecular formula is C84H106N15O24P3. The van der Waals surface area contributed by atoms with Gasteiger partial charge in [0.25, 0.3) is 0 Å². The van der Waals surface area contributed by atoms with E-state index in [0.717, 1.165) is 57.8 Å². The fourth-order valence-corrected chi connectivity index (χ4v) is 19.6. The molecule has 13 rings (SSSR count). The zero-order valence-electron chi connectivity index (χ0n) is 70.4. The van der Waals surface area contributed by atoms with E-state index in [1.54, 1.807) is 128 Å². The highest BCUT2D eigenvalue weighted by molar-refractivity contribution is 7.54. The van der Waals surface area contributed by atoms with Gasteiger partial charge in [-0.05, 0) is 136 Å². The lowest BCUT2D eigenvalue weighted by molar-refractivity contribution is -0.154. The van der Waals surface area contributed by atoms with Gasteiger partial charge in [-0.3, -0.25) is 28.0 Å². The molecule has 676 valence electrons.